The molecule has 8 nitrogen and oxygen atoms in total. The molecule has 0 bridgehead atoms. The van der Waals surface area contributed by atoms with Crippen LogP contribution in [0.15, 0.2) is 29.1 Å². The number of primary amides is 1. The molecule has 3 N–H and O–H groups in total. The molecule has 6 rings (SSSR count). The Bertz CT molecular complexity index is 1660. The van der Waals surface area contributed by atoms with Crippen LogP contribution in [0.5, 0.6) is 0 Å². The zero-order chi connectivity index (χ0) is 31.8. The van der Waals surface area contributed by atoms with Crippen LogP contribution in [0.4, 0.5) is 10.1 Å². The van der Waals surface area contributed by atoms with Crippen LogP contribution in [-0.4, -0.2) is 67.9 Å². The van der Waals surface area contributed by atoms with Gasteiger partial charge in [0.15, 0.2) is 0 Å². The van der Waals surface area contributed by atoms with Gasteiger partial charge in [0.1, 0.15) is 5.82 Å². The molecule has 1 aromatic heterocycles. The molecule has 240 valence electrons. The van der Waals surface area contributed by atoms with Crippen LogP contribution in [0.1, 0.15) is 81.7 Å². The summed E-state index contributed by atoms with van der Waals surface area (Å²) in [6, 6.07) is 7.74. The molecule has 2 saturated heterocycles. The summed E-state index contributed by atoms with van der Waals surface area (Å²) in [5.74, 6) is -0.882. The Morgan fingerprint density at radius 2 is 1.71 bits per heavy atom. The van der Waals surface area contributed by atoms with Gasteiger partial charge in [-0.3, -0.25) is 14.5 Å². The fourth-order valence-corrected chi connectivity index (χ4v) is 7.84. The number of carbonyl (C=O) groups is 1. The Balaban J connectivity index is 1.57. The second-order valence-electron chi connectivity index (χ2n) is 12.8. The number of nitrogens with zero attached hydrogens (tertiary/aromatic N) is 2. The van der Waals surface area contributed by atoms with E-state index in [0.717, 1.165) is 78.0 Å². The van der Waals surface area contributed by atoms with Crippen molar-refractivity contribution in [2.45, 2.75) is 71.9 Å². The van der Waals surface area contributed by atoms with Crippen molar-refractivity contribution >= 4 is 11.6 Å². The van der Waals surface area contributed by atoms with Crippen molar-refractivity contribution in [3.05, 3.63) is 85.1 Å². The normalized spacial score (nSPS) is 19.1. The Morgan fingerprint density at radius 1 is 1.00 bits per heavy atom. The van der Waals surface area contributed by atoms with Crippen LogP contribution in [0, 0.1) is 26.6 Å². The van der Waals surface area contributed by atoms with Crippen LogP contribution in [0.2, 0.25) is 0 Å². The molecule has 1 atom stereocenters. The number of fused-ring (bicyclic) bond motifs is 1. The minimum Gasteiger partial charge on any atom is -0.381 e. The Morgan fingerprint density at radius 3 is 2.38 bits per heavy atom. The Kier molecular flexibility index (Phi) is 9.13. The second kappa shape index (κ2) is 13.1. The summed E-state index contributed by atoms with van der Waals surface area (Å²) in [5, 5.41) is 0. The van der Waals surface area contributed by atoms with Crippen LogP contribution in [0.3, 0.4) is 0 Å². The highest BCUT2D eigenvalue weighted by molar-refractivity contribution is 5.99. The standard InChI is InChI=1S/C36H45FN4O4/c1-5-41(25-8-12-44-13-9-25)34-23(4)27(35(38)42)19-29(31(34)18-26-21(2)16-22(3)39-36(26)43)30-17-24-6-7-33(28(24)20-32(30)37)40-10-14-45-15-11-40/h16-17,19-20,25,33H,5-15,18H2,1-4H3,(H2,38,42)(H,39,43). The molecule has 3 aliphatic rings. The topological polar surface area (TPSA) is 101 Å². The number of rotatable bonds is 8. The van der Waals surface area contributed by atoms with Gasteiger partial charge >= 0.3 is 0 Å². The lowest BCUT2D eigenvalue weighted by Gasteiger charge is -2.38. The van der Waals surface area contributed by atoms with Gasteiger partial charge < -0.3 is 25.1 Å². The molecule has 9 heteroatoms. The number of pyridine rings is 1. The predicted molar refractivity (Wildman–Crippen MR) is 175 cm³/mol. The third kappa shape index (κ3) is 6.05. The molecule has 2 aliphatic heterocycles. The van der Waals surface area contributed by atoms with Gasteiger partial charge in [0.05, 0.1) is 13.2 Å². The number of amides is 1. The number of anilines is 1. The number of hydrogen-bond acceptors (Lipinski definition) is 6. The van der Waals surface area contributed by atoms with E-state index in [-0.39, 0.29) is 23.5 Å². The third-order valence-corrected chi connectivity index (χ3v) is 10.1. The van der Waals surface area contributed by atoms with Gasteiger partial charge in [0, 0.05) is 79.4 Å². The monoisotopic (exact) mass is 616 g/mol. The average molecular weight is 617 g/mol. The first kappa shape index (κ1) is 31.5. The van der Waals surface area contributed by atoms with Gasteiger partial charge in [-0.25, -0.2) is 4.39 Å². The van der Waals surface area contributed by atoms with Crippen LogP contribution < -0.4 is 16.2 Å². The van der Waals surface area contributed by atoms with Gasteiger partial charge in [0.2, 0.25) is 5.91 Å². The number of aromatic nitrogens is 1. The highest BCUT2D eigenvalue weighted by Crippen LogP contribution is 2.44. The largest absolute Gasteiger partial charge is 0.381 e. The Labute approximate surface area is 264 Å². The molecule has 3 heterocycles. The number of morpholine rings is 1. The Hall–Kier alpha value is -3.53. The number of nitrogens with two attached hydrogens (primary N) is 1. The van der Waals surface area contributed by atoms with E-state index < -0.39 is 5.91 Å². The maximum absolute atomic E-state index is 16.5. The molecule has 1 aliphatic carbocycles. The van der Waals surface area contributed by atoms with Crippen LogP contribution in [0.25, 0.3) is 11.1 Å². The number of halogens is 1. The third-order valence-electron chi connectivity index (χ3n) is 10.1. The summed E-state index contributed by atoms with van der Waals surface area (Å²) in [6.07, 6.45) is 3.74. The van der Waals surface area contributed by atoms with Crippen molar-refractivity contribution in [2.75, 3.05) is 51.0 Å². The smallest absolute Gasteiger partial charge is 0.251 e. The summed E-state index contributed by atoms with van der Waals surface area (Å²) in [7, 11) is 0. The first-order valence-electron chi connectivity index (χ1n) is 16.3. The van der Waals surface area contributed by atoms with E-state index in [9.17, 15) is 9.59 Å². The van der Waals surface area contributed by atoms with E-state index in [2.05, 4.69) is 21.7 Å². The zero-order valence-electron chi connectivity index (χ0n) is 26.9. The highest BCUT2D eigenvalue weighted by Gasteiger charge is 2.33. The summed E-state index contributed by atoms with van der Waals surface area (Å²) in [6.45, 7) is 12.9. The number of carbonyl (C=O) groups excluding carboxylic acids is 1. The molecule has 3 aromatic rings. The number of ether oxygens (including phenoxy) is 2. The molecule has 2 aromatic carbocycles. The molecule has 45 heavy (non-hydrogen) atoms. The van der Waals surface area contributed by atoms with E-state index in [1.807, 2.05) is 32.9 Å². The fourth-order valence-electron chi connectivity index (χ4n) is 7.84. The SMILES string of the molecule is CCN(c1c(C)c(C(N)=O)cc(-c2cc3c(cc2F)C(N2CCOCC2)CC3)c1Cc1c(C)cc(C)[nH]c1=O)C1CCOCC1. The molecule has 1 unspecified atom stereocenters. The summed E-state index contributed by atoms with van der Waals surface area (Å²) < 4.78 is 27.8. The quantitative estimate of drug-likeness (QED) is 0.365. The maximum Gasteiger partial charge on any atom is 0.251 e. The molecule has 0 spiro atoms. The van der Waals surface area contributed by atoms with Crippen molar-refractivity contribution < 1.29 is 18.7 Å². The predicted octanol–water partition coefficient (Wildman–Crippen LogP) is 5.12. The average Bonchev–Trinajstić information content (AvgIpc) is 3.43. The van der Waals surface area contributed by atoms with Gasteiger partial charge in [-0.2, -0.15) is 0 Å². The lowest BCUT2D eigenvalue weighted by Crippen LogP contribution is -2.41. The van der Waals surface area contributed by atoms with E-state index >= 15 is 4.39 Å². The maximum atomic E-state index is 16.5. The van der Waals surface area contributed by atoms with E-state index in [1.54, 1.807) is 12.1 Å². The van der Waals surface area contributed by atoms with E-state index in [1.165, 1.54) is 0 Å². The van der Waals surface area contributed by atoms with Gasteiger partial charge in [-0.1, -0.05) is 0 Å². The lowest BCUT2D eigenvalue weighted by atomic mass is 9.85. The van der Waals surface area contributed by atoms with Crippen molar-refractivity contribution in [2.24, 2.45) is 5.73 Å². The molecule has 1 amide bonds. The number of H-pyrrole nitrogens is 1. The van der Waals surface area contributed by atoms with Crippen molar-refractivity contribution in [3.63, 3.8) is 0 Å². The summed E-state index contributed by atoms with van der Waals surface area (Å²) in [4.78, 5) is 34.0. The van der Waals surface area contributed by atoms with Crippen molar-refractivity contribution in [1.29, 1.82) is 0 Å². The van der Waals surface area contributed by atoms with E-state index in [0.29, 0.717) is 61.6 Å². The molecular formula is C36H45FN4O4. The number of nitrogens with one attached hydrogen (secondary N) is 1. The molecule has 0 radical (unpaired) electrons. The summed E-state index contributed by atoms with van der Waals surface area (Å²) >= 11 is 0. The van der Waals surface area contributed by atoms with E-state index in [4.69, 9.17) is 15.2 Å². The second-order valence-corrected chi connectivity index (χ2v) is 12.8. The molecular weight excluding hydrogens is 571 g/mol. The van der Waals surface area contributed by atoms with Gasteiger partial charge in [-0.15, -0.1) is 0 Å². The molecule has 0 saturated carbocycles. The van der Waals surface area contributed by atoms with Crippen molar-refractivity contribution in [3.8, 4) is 11.1 Å². The molecule has 2 fully saturated rings. The number of aryl methyl sites for hydroxylation is 3. The van der Waals surface area contributed by atoms with Crippen LogP contribution in [-0.2, 0) is 22.3 Å². The first-order valence-corrected chi connectivity index (χ1v) is 16.3. The number of aromatic amines is 1. The van der Waals surface area contributed by atoms with Gasteiger partial charge in [0.25, 0.3) is 5.56 Å². The lowest BCUT2D eigenvalue weighted by molar-refractivity contribution is 0.0164. The number of hydrogen-bond donors (Lipinski definition) is 2. The minimum absolute atomic E-state index is 0.155. The van der Waals surface area contributed by atoms with Crippen LogP contribution >= 0.6 is 0 Å². The zero-order valence-corrected chi connectivity index (χ0v) is 26.9. The first-order chi connectivity index (χ1) is 21.7. The minimum atomic E-state index is -0.553. The highest BCUT2D eigenvalue weighted by atomic mass is 19.1. The number of benzene rings is 2. The summed E-state index contributed by atoms with van der Waals surface area (Å²) in [5.41, 5.74) is 14.2. The van der Waals surface area contributed by atoms with Crippen molar-refractivity contribution in [1.82, 2.24) is 9.88 Å². The van der Waals surface area contributed by atoms with Gasteiger partial charge in [-0.05, 0) is 111 Å². The fraction of sp³-hybridized carbons (Fsp3) is 0.500.